The Balaban J connectivity index is 1.07. The summed E-state index contributed by atoms with van der Waals surface area (Å²) in [5.74, 6) is 1.42. The first-order chi connectivity index (χ1) is 34.2. The van der Waals surface area contributed by atoms with Crippen molar-refractivity contribution in [1.82, 2.24) is 33.6 Å². The Labute approximate surface area is 397 Å². The van der Waals surface area contributed by atoms with Gasteiger partial charge in [-0.05, 0) is 67.1 Å². The molecular formula is C62H41N7. The second-order valence-corrected chi connectivity index (χ2v) is 17.8. The highest BCUT2D eigenvalue weighted by atomic mass is 15.2. The minimum absolute atomic E-state index is 0.142. The van der Waals surface area contributed by atoms with Gasteiger partial charge in [-0.3, -0.25) is 9.13 Å². The third-order valence-corrected chi connectivity index (χ3v) is 13.8. The van der Waals surface area contributed by atoms with E-state index in [2.05, 4.69) is 232 Å². The molecule has 13 aromatic rings. The topological polar surface area (TPSA) is 66.3 Å². The Morgan fingerprint density at radius 2 is 0.768 bits per heavy atom. The third kappa shape index (κ3) is 6.35. The van der Waals surface area contributed by atoms with E-state index in [-0.39, 0.29) is 5.92 Å². The van der Waals surface area contributed by atoms with E-state index in [4.69, 9.17) is 19.9 Å². The van der Waals surface area contributed by atoms with Crippen LogP contribution in [0.2, 0.25) is 0 Å². The third-order valence-electron chi connectivity index (χ3n) is 13.8. The van der Waals surface area contributed by atoms with Crippen LogP contribution in [0.4, 0.5) is 0 Å². The maximum absolute atomic E-state index is 5.42. The molecule has 0 amide bonds. The molecule has 7 nitrogen and oxygen atoms in total. The predicted molar refractivity (Wildman–Crippen MR) is 283 cm³/mol. The molecule has 324 valence electrons. The first kappa shape index (κ1) is 39.0. The molecule has 7 heteroatoms. The van der Waals surface area contributed by atoms with E-state index in [1.807, 2.05) is 12.1 Å². The molecule has 14 rings (SSSR count). The number of aromatic nitrogens is 7. The maximum Gasteiger partial charge on any atom is 0.235 e. The highest BCUT2D eigenvalue weighted by Gasteiger charge is 2.24. The average molecular weight is 884 g/mol. The van der Waals surface area contributed by atoms with Crippen LogP contribution in [0.1, 0.15) is 18.0 Å². The zero-order chi connectivity index (χ0) is 45.4. The minimum atomic E-state index is 0.142. The van der Waals surface area contributed by atoms with Crippen LogP contribution in [0, 0.1) is 0 Å². The summed E-state index contributed by atoms with van der Waals surface area (Å²) < 4.78 is 6.95. The molecule has 1 atom stereocenters. The van der Waals surface area contributed by atoms with Crippen molar-refractivity contribution in [2.75, 3.05) is 0 Å². The molecule has 1 unspecified atom stereocenters. The Morgan fingerprint density at radius 3 is 1.33 bits per heavy atom. The fourth-order valence-corrected chi connectivity index (χ4v) is 10.6. The number of benzene rings is 8. The number of rotatable bonds is 7. The predicted octanol–water partition coefficient (Wildman–Crippen LogP) is 15.2. The summed E-state index contributed by atoms with van der Waals surface area (Å²) in [4.78, 5) is 21.5. The molecule has 5 heterocycles. The summed E-state index contributed by atoms with van der Waals surface area (Å²) in [6.45, 7) is 0. The monoisotopic (exact) mass is 883 g/mol. The van der Waals surface area contributed by atoms with Crippen molar-refractivity contribution >= 4 is 65.4 Å². The molecule has 5 aromatic heterocycles. The molecule has 1 aliphatic carbocycles. The molecule has 0 spiro atoms. The fourth-order valence-electron chi connectivity index (χ4n) is 10.6. The average Bonchev–Trinajstić information content (AvgIpc) is 4.05. The van der Waals surface area contributed by atoms with Gasteiger partial charge in [0.15, 0.2) is 0 Å². The molecule has 1 aliphatic rings. The van der Waals surface area contributed by atoms with Gasteiger partial charge in [0.25, 0.3) is 0 Å². The van der Waals surface area contributed by atoms with Crippen molar-refractivity contribution in [2.45, 2.75) is 12.3 Å². The molecule has 0 aliphatic heterocycles. The van der Waals surface area contributed by atoms with E-state index in [1.165, 1.54) is 0 Å². The van der Waals surface area contributed by atoms with Gasteiger partial charge in [0.1, 0.15) is 0 Å². The van der Waals surface area contributed by atoms with E-state index in [1.54, 1.807) is 0 Å². The van der Waals surface area contributed by atoms with Gasteiger partial charge < -0.3 is 4.57 Å². The Hall–Kier alpha value is -9.20. The molecular weight excluding hydrogens is 843 g/mol. The Bertz CT molecular complexity index is 4140. The van der Waals surface area contributed by atoms with Gasteiger partial charge in [-0.15, -0.1) is 0 Å². The van der Waals surface area contributed by atoms with Gasteiger partial charge in [0, 0.05) is 60.6 Å². The van der Waals surface area contributed by atoms with Crippen LogP contribution in [0.25, 0.3) is 117 Å². The second-order valence-electron chi connectivity index (χ2n) is 17.8. The van der Waals surface area contributed by atoms with Crippen molar-refractivity contribution in [3.05, 3.63) is 236 Å². The number of hydrogen-bond donors (Lipinski definition) is 0. The van der Waals surface area contributed by atoms with Crippen molar-refractivity contribution in [2.24, 2.45) is 0 Å². The maximum atomic E-state index is 5.42. The fraction of sp³-hybridized carbons (Fsp3) is 0.0323. The smallest absolute Gasteiger partial charge is 0.235 e. The number of hydrogen-bond acceptors (Lipinski definition) is 4. The van der Waals surface area contributed by atoms with Gasteiger partial charge in [-0.25, -0.2) is 19.9 Å². The molecule has 8 aromatic carbocycles. The standard InChI is InChI=1S/C62H41N7/c1-6-20-40(21-7-1)51-37-52(41-22-8-2-9-23-41)64-61(63-51)68-56-33-19-17-31-46(56)49-35-57-50(36-58(49)68)48-34-47-45-30-16-18-32-55(45)69(60(47)39-59(48)67(57)44-28-14-5-15-29-44)62-65-53(42-24-10-3-11-25-42)38-54(66-62)43-26-12-4-13-27-43/h1-22,24-39,41H,23H2. The molecule has 0 saturated carbocycles. The van der Waals surface area contributed by atoms with E-state index in [9.17, 15) is 0 Å². The van der Waals surface area contributed by atoms with Crippen molar-refractivity contribution in [3.8, 4) is 51.4 Å². The number of para-hydroxylation sites is 3. The van der Waals surface area contributed by atoms with E-state index in [0.29, 0.717) is 11.9 Å². The van der Waals surface area contributed by atoms with Crippen LogP contribution in [0.3, 0.4) is 0 Å². The van der Waals surface area contributed by atoms with Gasteiger partial charge in [0.2, 0.25) is 11.9 Å². The largest absolute Gasteiger partial charge is 0.309 e. The highest BCUT2D eigenvalue weighted by molar-refractivity contribution is 6.23. The van der Waals surface area contributed by atoms with Crippen molar-refractivity contribution < 1.29 is 0 Å². The second kappa shape index (κ2) is 15.7. The number of nitrogens with zero attached hydrogens (tertiary/aromatic N) is 7. The Morgan fingerprint density at radius 1 is 0.333 bits per heavy atom. The summed E-state index contributed by atoms with van der Waals surface area (Å²) in [6.07, 6.45) is 9.60. The minimum Gasteiger partial charge on any atom is -0.309 e. The molecule has 0 bridgehead atoms. The lowest BCUT2D eigenvalue weighted by molar-refractivity contribution is 0.797. The van der Waals surface area contributed by atoms with Gasteiger partial charge in [0.05, 0.1) is 55.9 Å². The Kier molecular flexibility index (Phi) is 8.89. The van der Waals surface area contributed by atoms with Gasteiger partial charge in [-0.1, -0.05) is 170 Å². The van der Waals surface area contributed by atoms with Crippen LogP contribution >= 0.6 is 0 Å². The van der Waals surface area contributed by atoms with Crippen molar-refractivity contribution in [3.63, 3.8) is 0 Å². The summed E-state index contributed by atoms with van der Waals surface area (Å²) in [5.41, 5.74) is 14.2. The van der Waals surface area contributed by atoms with Gasteiger partial charge >= 0.3 is 0 Å². The lowest BCUT2D eigenvalue weighted by atomic mass is 9.96. The molecule has 0 fully saturated rings. The van der Waals surface area contributed by atoms with Crippen LogP contribution < -0.4 is 0 Å². The zero-order valence-corrected chi connectivity index (χ0v) is 37.4. The van der Waals surface area contributed by atoms with Crippen LogP contribution in [-0.4, -0.2) is 33.6 Å². The van der Waals surface area contributed by atoms with Crippen LogP contribution in [0.5, 0.6) is 0 Å². The number of allylic oxidation sites excluding steroid dienone is 4. The molecule has 0 saturated heterocycles. The first-order valence-corrected chi connectivity index (χ1v) is 23.5. The molecule has 69 heavy (non-hydrogen) atoms. The van der Waals surface area contributed by atoms with E-state index >= 15 is 0 Å². The van der Waals surface area contributed by atoms with E-state index < -0.39 is 0 Å². The lowest BCUT2D eigenvalue weighted by Gasteiger charge is -2.16. The molecule has 0 N–H and O–H groups in total. The lowest BCUT2D eigenvalue weighted by Crippen LogP contribution is -2.08. The summed E-state index contributed by atoms with van der Waals surface area (Å²) >= 11 is 0. The SMILES string of the molecule is C1=CCC(c2cc(-c3ccccc3)nc(-n3c4ccccc4c4cc5c(cc43)c3cc4c6ccccc6n(-c6nc(-c7ccccc7)cc(-c7ccccc7)n6)c4cc3n5-c3ccccc3)n2)C=C1. The zero-order valence-electron chi connectivity index (χ0n) is 37.4. The quantitative estimate of drug-likeness (QED) is 0.160. The van der Waals surface area contributed by atoms with Crippen molar-refractivity contribution in [1.29, 1.82) is 0 Å². The molecule has 0 radical (unpaired) electrons. The van der Waals surface area contributed by atoms with Crippen LogP contribution in [0.15, 0.2) is 231 Å². The summed E-state index contributed by atoms with van der Waals surface area (Å²) in [7, 11) is 0. The summed E-state index contributed by atoms with van der Waals surface area (Å²) in [6, 6.07) is 73.0. The number of fused-ring (bicyclic) bond motifs is 9. The highest BCUT2D eigenvalue weighted by Crippen LogP contribution is 2.43. The summed E-state index contributed by atoms with van der Waals surface area (Å²) in [5, 5.41) is 6.81. The van der Waals surface area contributed by atoms with Crippen LogP contribution in [-0.2, 0) is 0 Å². The van der Waals surface area contributed by atoms with Gasteiger partial charge in [-0.2, -0.15) is 0 Å². The van der Waals surface area contributed by atoms with E-state index in [0.717, 1.165) is 117 Å². The first-order valence-electron chi connectivity index (χ1n) is 23.5. The normalized spacial score (nSPS) is 13.8.